The minimum Gasteiger partial charge on any atom is -0.380 e. The van der Waals surface area contributed by atoms with E-state index in [0.717, 1.165) is 15.9 Å². The van der Waals surface area contributed by atoms with Gasteiger partial charge in [0, 0.05) is 19.3 Å². The highest BCUT2D eigenvalue weighted by atomic mass is 32.1. The number of ether oxygens (including phenoxy) is 1. The van der Waals surface area contributed by atoms with Crippen LogP contribution in [0, 0.1) is 0 Å². The molecule has 0 saturated carbocycles. The van der Waals surface area contributed by atoms with Gasteiger partial charge in [0.15, 0.2) is 0 Å². The molecule has 1 aromatic carbocycles. The summed E-state index contributed by atoms with van der Waals surface area (Å²) in [6.07, 6.45) is 0.00950. The highest BCUT2D eigenvalue weighted by Crippen LogP contribution is 2.21. The van der Waals surface area contributed by atoms with E-state index in [-0.39, 0.29) is 18.4 Å². The monoisotopic (exact) mass is 265 g/mol. The number of nitrogens with one attached hydrogen (secondary N) is 1. The molecule has 96 valence electrons. The van der Waals surface area contributed by atoms with Crippen LogP contribution < -0.4 is 11.1 Å². The molecule has 1 amide bonds. The maximum absolute atomic E-state index is 11.8. The van der Waals surface area contributed by atoms with Gasteiger partial charge in [-0.05, 0) is 18.2 Å². The molecule has 0 saturated heterocycles. The van der Waals surface area contributed by atoms with Crippen LogP contribution >= 0.6 is 11.3 Å². The molecule has 1 atom stereocenters. The molecule has 0 fully saturated rings. The number of benzene rings is 1. The molecule has 1 unspecified atom stereocenters. The van der Waals surface area contributed by atoms with Crippen molar-refractivity contribution in [2.45, 2.75) is 12.5 Å². The number of hydrogen-bond donors (Lipinski definition) is 2. The van der Waals surface area contributed by atoms with Crippen LogP contribution in [0.3, 0.4) is 0 Å². The van der Waals surface area contributed by atoms with Gasteiger partial charge in [-0.25, -0.2) is 4.98 Å². The van der Waals surface area contributed by atoms with Crippen molar-refractivity contribution in [2.75, 3.05) is 19.0 Å². The Kier molecular flexibility index (Phi) is 4.24. The first-order valence-electron chi connectivity index (χ1n) is 5.59. The maximum Gasteiger partial charge on any atom is 0.227 e. The highest BCUT2D eigenvalue weighted by molar-refractivity contribution is 7.16. The Morgan fingerprint density at radius 2 is 2.44 bits per heavy atom. The number of carbonyl (C=O) groups excluding carboxylic acids is 1. The quantitative estimate of drug-likeness (QED) is 0.860. The van der Waals surface area contributed by atoms with Gasteiger partial charge >= 0.3 is 0 Å². The molecule has 18 heavy (non-hydrogen) atoms. The molecular weight excluding hydrogens is 250 g/mol. The fraction of sp³-hybridized carbons (Fsp3) is 0.333. The summed E-state index contributed by atoms with van der Waals surface area (Å²) in [7, 11) is 1.55. The Balaban J connectivity index is 2.01. The Morgan fingerprint density at radius 1 is 1.61 bits per heavy atom. The van der Waals surface area contributed by atoms with E-state index < -0.39 is 0 Å². The van der Waals surface area contributed by atoms with Crippen molar-refractivity contribution in [1.82, 2.24) is 4.98 Å². The van der Waals surface area contributed by atoms with Gasteiger partial charge in [0.25, 0.3) is 0 Å². The van der Waals surface area contributed by atoms with Crippen molar-refractivity contribution in [3.8, 4) is 0 Å². The highest BCUT2D eigenvalue weighted by Gasteiger charge is 2.11. The summed E-state index contributed by atoms with van der Waals surface area (Å²) < 4.78 is 6.17. The van der Waals surface area contributed by atoms with Gasteiger partial charge < -0.3 is 15.8 Å². The normalized spacial score (nSPS) is 12.6. The van der Waals surface area contributed by atoms with Crippen LogP contribution in [0.15, 0.2) is 23.7 Å². The number of hydrogen-bond acceptors (Lipinski definition) is 5. The Labute approximate surface area is 109 Å². The molecule has 0 bridgehead atoms. The van der Waals surface area contributed by atoms with E-state index >= 15 is 0 Å². The SMILES string of the molecule is COC(CN)CC(=O)Nc1ccc2scnc2c1. The van der Waals surface area contributed by atoms with Crippen LogP contribution in [-0.4, -0.2) is 30.6 Å². The fourth-order valence-electron chi connectivity index (χ4n) is 1.62. The lowest BCUT2D eigenvalue weighted by atomic mass is 10.2. The first-order chi connectivity index (χ1) is 8.72. The Hall–Kier alpha value is -1.50. The van der Waals surface area contributed by atoms with Crippen molar-refractivity contribution in [3.05, 3.63) is 23.7 Å². The van der Waals surface area contributed by atoms with Crippen LogP contribution in [-0.2, 0) is 9.53 Å². The van der Waals surface area contributed by atoms with E-state index in [1.165, 1.54) is 0 Å². The number of aromatic nitrogens is 1. The second kappa shape index (κ2) is 5.90. The zero-order valence-electron chi connectivity index (χ0n) is 10.1. The van der Waals surface area contributed by atoms with E-state index in [9.17, 15) is 4.79 Å². The number of carbonyl (C=O) groups is 1. The van der Waals surface area contributed by atoms with Crippen molar-refractivity contribution in [3.63, 3.8) is 0 Å². The van der Waals surface area contributed by atoms with E-state index in [1.807, 2.05) is 18.2 Å². The van der Waals surface area contributed by atoms with Crippen LogP contribution in [0.1, 0.15) is 6.42 Å². The molecule has 1 heterocycles. The third-order valence-electron chi connectivity index (χ3n) is 2.62. The summed E-state index contributed by atoms with van der Waals surface area (Å²) in [5.41, 5.74) is 8.89. The molecule has 0 radical (unpaired) electrons. The minimum atomic E-state index is -0.243. The molecule has 5 nitrogen and oxygen atoms in total. The van der Waals surface area contributed by atoms with Crippen molar-refractivity contribution >= 4 is 33.1 Å². The molecule has 6 heteroatoms. The summed E-state index contributed by atoms with van der Waals surface area (Å²) in [4.78, 5) is 16.0. The minimum absolute atomic E-state index is 0.109. The molecule has 1 aromatic heterocycles. The largest absolute Gasteiger partial charge is 0.380 e. The molecule has 0 aliphatic heterocycles. The lowest BCUT2D eigenvalue weighted by molar-refractivity contribution is -0.118. The van der Waals surface area contributed by atoms with Crippen LogP contribution in [0.2, 0.25) is 0 Å². The second-order valence-electron chi connectivity index (χ2n) is 3.88. The van der Waals surface area contributed by atoms with Crippen LogP contribution in [0.25, 0.3) is 10.2 Å². The van der Waals surface area contributed by atoms with Crippen molar-refractivity contribution in [1.29, 1.82) is 0 Å². The Morgan fingerprint density at radius 3 is 3.17 bits per heavy atom. The van der Waals surface area contributed by atoms with Crippen molar-refractivity contribution in [2.24, 2.45) is 5.73 Å². The van der Waals surface area contributed by atoms with E-state index in [0.29, 0.717) is 6.54 Å². The number of rotatable bonds is 5. The lowest BCUT2D eigenvalue weighted by Gasteiger charge is -2.12. The molecule has 0 aliphatic rings. The summed E-state index contributed by atoms with van der Waals surface area (Å²) in [6.45, 7) is 0.328. The number of methoxy groups -OCH3 is 1. The van der Waals surface area contributed by atoms with Gasteiger partial charge in [-0.3, -0.25) is 4.79 Å². The van der Waals surface area contributed by atoms with E-state index in [4.69, 9.17) is 10.5 Å². The zero-order chi connectivity index (χ0) is 13.0. The molecule has 0 aliphatic carbocycles. The maximum atomic E-state index is 11.8. The average Bonchev–Trinajstić information content (AvgIpc) is 2.83. The van der Waals surface area contributed by atoms with Crippen LogP contribution in [0.4, 0.5) is 5.69 Å². The smallest absolute Gasteiger partial charge is 0.227 e. The summed E-state index contributed by atoms with van der Waals surface area (Å²) in [5.74, 6) is -0.109. The predicted molar refractivity (Wildman–Crippen MR) is 72.7 cm³/mol. The molecule has 2 rings (SSSR count). The number of anilines is 1. The fourth-order valence-corrected chi connectivity index (χ4v) is 2.28. The van der Waals surface area contributed by atoms with Gasteiger partial charge in [0.2, 0.25) is 5.91 Å². The number of nitrogens with two attached hydrogens (primary N) is 1. The first-order valence-corrected chi connectivity index (χ1v) is 6.47. The lowest BCUT2D eigenvalue weighted by Crippen LogP contribution is -2.28. The van der Waals surface area contributed by atoms with Crippen molar-refractivity contribution < 1.29 is 9.53 Å². The standard InChI is InChI=1S/C12H15N3O2S/c1-17-9(6-13)5-12(16)15-8-2-3-11-10(4-8)14-7-18-11/h2-4,7,9H,5-6,13H2,1H3,(H,15,16). The molecule has 0 spiro atoms. The van der Waals surface area contributed by atoms with Gasteiger partial charge in [0.1, 0.15) is 0 Å². The second-order valence-corrected chi connectivity index (χ2v) is 4.77. The van der Waals surface area contributed by atoms with Gasteiger partial charge in [-0.1, -0.05) is 0 Å². The first kappa shape index (κ1) is 12.9. The number of fused-ring (bicyclic) bond motifs is 1. The van der Waals surface area contributed by atoms with Gasteiger partial charge in [0.05, 0.1) is 28.3 Å². The molecule has 2 aromatic rings. The van der Waals surface area contributed by atoms with Crippen LogP contribution in [0.5, 0.6) is 0 Å². The third-order valence-corrected chi connectivity index (χ3v) is 3.43. The topological polar surface area (TPSA) is 77.2 Å². The van der Waals surface area contributed by atoms with E-state index in [1.54, 1.807) is 24.0 Å². The number of nitrogens with zero attached hydrogens (tertiary/aromatic N) is 1. The Bertz CT molecular complexity index is 537. The summed E-state index contributed by atoms with van der Waals surface area (Å²) >= 11 is 1.57. The molecular formula is C12H15N3O2S. The van der Waals surface area contributed by atoms with Gasteiger partial charge in [-0.2, -0.15) is 0 Å². The van der Waals surface area contributed by atoms with Gasteiger partial charge in [-0.15, -0.1) is 11.3 Å². The summed E-state index contributed by atoms with van der Waals surface area (Å²) in [6, 6.07) is 5.66. The number of amides is 1. The average molecular weight is 265 g/mol. The number of thiazole rings is 1. The predicted octanol–water partition coefficient (Wildman–Crippen LogP) is 1.60. The molecule has 3 N–H and O–H groups in total. The zero-order valence-corrected chi connectivity index (χ0v) is 10.9. The van der Waals surface area contributed by atoms with E-state index in [2.05, 4.69) is 10.3 Å². The third kappa shape index (κ3) is 3.04. The summed E-state index contributed by atoms with van der Waals surface area (Å²) in [5, 5.41) is 2.81.